The van der Waals surface area contributed by atoms with Crippen molar-refractivity contribution < 1.29 is 18.3 Å². The van der Waals surface area contributed by atoms with Gasteiger partial charge in [-0.1, -0.05) is 23.2 Å². The number of rotatable bonds is 7. The number of halogens is 2. The van der Waals surface area contributed by atoms with Crippen LogP contribution in [0.1, 0.15) is 18.4 Å². The Labute approximate surface area is 151 Å². The monoisotopic (exact) mass is 394 g/mol. The van der Waals surface area contributed by atoms with Crippen LogP contribution in [-0.4, -0.2) is 50.0 Å². The lowest BCUT2D eigenvalue weighted by molar-refractivity contribution is -0.136. The Kier molecular flexibility index (Phi) is 6.88. The molecule has 2 N–H and O–H groups in total. The molecular formula is C15H20Cl2N2O4S. The van der Waals surface area contributed by atoms with E-state index in [0.717, 1.165) is 12.8 Å². The van der Waals surface area contributed by atoms with Gasteiger partial charge in [0.25, 0.3) is 0 Å². The maximum Gasteiger partial charge on any atom is 0.317 e. The lowest BCUT2D eigenvalue weighted by Crippen LogP contribution is -2.43. The molecule has 1 unspecified atom stereocenters. The normalized spacial score (nSPS) is 19.3. The van der Waals surface area contributed by atoms with Gasteiger partial charge in [0, 0.05) is 23.1 Å². The molecule has 2 rings (SSSR count). The highest BCUT2D eigenvalue weighted by atomic mass is 35.5. The van der Waals surface area contributed by atoms with E-state index in [9.17, 15) is 13.2 Å². The van der Waals surface area contributed by atoms with Crippen LogP contribution in [0.5, 0.6) is 0 Å². The summed E-state index contributed by atoms with van der Waals surface area (Å²) in [5, 5.41) is 12.3. The van der Waals surface area contributed by atoms with Crippen molar-refractivity contribution in [2.45, 2.75) is 18.6 Å². The molecule has 1 aromatic carbocycles. The number of carboxylic acids is 1. The quantitative estimate of drug-likeness (QED) is 0.739. The van der Waals surface area contributed by atoms with Crippen LogP contribution in [0.3, 0.4) is 0 Å². The summed E-state index contributed by atoms with van der Waals surface area (Å²) >= 11 is 11.8. The van der Waals surface area contributed by atoms with Crippen molar-refractivity contribution in [3.63, 3.8) is 0 Å². The second-order valence-corrected chi connectivity index (χ2v) is 8.77. The van der Waals surface area contributed by atoms with Crippen molar-refractivity contribution in [3.8, 4) is 0 Å². The number of nitrogens with zero attached hydrogens (tertiary/aromatic N) is 1. The highest BCUT2D eigenvalue weighted by Gasteiger charge is 2.29. The summed E-state index contributed by atoms with van der Waals surface area (Å²) < 4.78 is 26.7. The van der Waals surface area contributed by atoms with Gasteiger partial charge >= 0.3 is 5.97 Å². The van der Waals surface area contributed by atoms with Gasteiger partial charge < -0.3 is 10.4 Å². The van der Waals surface area contributed by atoms with Gasteiger partial charge in [0.15, 0.2) is 0 Å². The molecule has 1 saturated heterocycles. The number of carbonyl (C=O) groups is 1. The minimum atomic E-state index is -3.47. The van der Waals surface area contributed by atoms with Gasteiger partial charge in [-0.25, -0.2) is 12.7 Å². The second kappa shape index (κ2) is 8.49. The zero-order chi connectivity index (χ0) is 17.7. The first-order valence-corrected chi connectivity index (χ1v) is 9.98. The van der Waals surface area contributed by atoms with E-state index < -0.39 is 16.0 Å². The SMILES string of the molecule is O=C(O)CNCC1CCCN(S(=O)(=O)Cc2cc(Cl)cc(Cl)c2)C1. The zero-order valence-corrected chi connectivity index (χ0v) is 15.4. The van der Waals surface area contributed by atoms with E-state index in [-0.39, 0.29) is 18.2 Å². The third kappa shape index (κ3) is 5.89. The van der Waals surface area contributed by atoms with E-state index in [2.05, 4.69) is 5.32 Å². The summed E-state index contributed by atoms with van der Waals surface area (Å²) in [6.45, 7) is 1.24. The molecule has 0 spiro atoms. The van der Waals surface area contributed by atoms with Crippen LogP contribution in [0.15, 0.2) is 18.2 Å². The second-order valence-electron chi connectivity index (χ2n) is 5.92. The van der Waals surface area contributed by atoms with Gasteiger partial charge in [-0.2, -0.15) is 0 Å². The van der Waals surface area contributed by atoms with Crippen LogP contribution in [0.2, 0.25) is 10.0 Å². The fraction of sp³-hybridized carbons (Fsp3) is 0.533. The Hall–Kier alpha value is -0.860. The van der Waals surface area contributed by atoms with E-state index >= 15 is 0 Å². The van der Waals surface area contributed by atoms with Crippen LogP contribution >= 0.6 is 23.2 Å². The van der Waals surface area contributed by atoms with E-state index in [1.165, 1.54) is 4.31 Å². The molecule has 6 nitrogen and oxygen atoms in total. The lowest BCUT2D eigenvalue weighted by atomic mass is 10.00. The van der Waals surface area contributed by atoms with Crippen molar-refractivity contribution in [2.24, 2.45) is 5.92 Å². The average molecular weight is 395 g/mol. The van der Waals surface area contributed by atoms with Crippen molar-refractivity contribution in [2.75, 3.05) is 26.2 Å². The summed E-state index contributed by atoms with van der Waals surface area (Å²) in [5.74, 6) is -0.966. The predicted octanol–water partition coefficient (Wildman–Crippen LogP) is 2.21. The van der Waals surface area contributed by atoms with Gasteiger partial charge in [0.1, 0.15) is 0 Å². The molecule has 0 radical (unpaired) electrons. The summed E-state index contributed by atoms with van der Waals surface area (Å²) in [4.78, 5) is 10.5. The van der Waals surface area contributed by atoms with Gasteiger partial charge in [-0.15, -0.1) is 0 Å². The first-order valence-electron chi connectivity index (χ1n) is 7.61. The topological polar surface area (TPSA) is 86.7 Å². The van der Waals surface area contributed by atoms with Gasteiger partial charge in [0.2, 0.25) is 10.0 Å². The summed E-state index contributed by atoms with van der Waals surface area (Å²) in [7, 11) is -3.47. The first kappa shape index (κ1) is 19.5. The third-order valence-corrected chi connectivity index (χ3v) is 6.11. The van der Waals surface area contributed by atoms with Gasteiger partial charge in [-0.05, 0) is 49.1 Å². The van der Waals surface area contributed by atoms with Gasteiger partial charge in [0.05, 0.1) is 12.3 Å². The first-order chi connectivity index (χ1) is 11.3. The smallest absolute Gasteiger partial charge is 0.317 e. The Morgan fingerprint density at radius 2 is 1.96 bits per heavy atom. The van der Waals surface area contributed by atoms with Crippen molar-refractivity contribution in [1.29, 1.82) is 0 Å². The molecule has 134 valence electrons. The van der Waals surface area contributed by atoms with Crippen LogP contribution in [0, 0.1) is 5.92 Å². The molecule has 0 aliphatic carbocycles. The van der Waals surface area contributed by atoms with Crippen LogP contribution < -0.4 is 5.32 Å². The minimum Gasteiger partial charge on any atom is -0.480 e. The Morgan fingerprint density at radius 1 is 1.29 bits per heavy atom. The van der Waals surface area contributed by atoms with E-state index in [4.69, 9.17) is 28.3 Å². The molecule has 1 atom stereocenters. The number of nitrogens with one attached hydrogen (secondary N) is 1. The molecule has 1 aromatic rings. The van der Waals surface area contributed by atoms with Crippen molar-refractivity contribution in [3.05, 3.63) is 33.8 Å². The van der Waals surface area contributed by atoms with Gasteiger partial charge in [-0.3, -0.25) is 4.79 Å². The molecule has 1 aliphatic rings. The molecule has 0 amide bonds. The Balaban J connectivity index is 1.98. The van der Waals surface area contributed by atoms with Crippen LogP contribution in [0.4, 0.5) is 0 Å². The molecule has 0 bridgehead atoms. The summed E-state index contributed by atoms with van der Waals surface area (Å²) in [6, 6.07) is 4.76. The third-order valence-electron chi connectivity index (χ3n) is 3.86. The fourth-order valence-electron chi connectivity index (χ4n) is 2.83. The predicted molar refractivity (Wildman–Crippen MR) is 93.9 cm³/mol. The number of hydrogen-bond acceptors (Lipinski definition) is 4. The van der Waals surface area contributed by atoms with E-state index in [1.54, 1.807) is 18.2 Å². The fourth-order valence-corrected chi connectivity index (χ4v) is 5.01. The van der Waals surface area contributed by atoms with Crippen LogP contribution in [-0.2, 0) is 20.6 Å². The average Bonchev–Trinajstić information content (AvgIpc) is 2.45. The molecule has 1 aliphatic heterocycles. The number of aliphatic carboxylic acids is 1. The highest BCUT2D eigenvalue weighted by Crippen LogP contribution is 2.24. The molecule has 24 heavy (non-hydrogen) atoms. The lowest BCUT2D eigenvalue weighted by Gasteiger charge is -2.32. The minimum absolute atomic E-state index is 0.107. The van der Waals surface area contributed by atoms with Crippen molar-refractivity contribution in [1.82, 2.24) is 9.62 Å². The summed E-state index contributed by atoms with van der Waals surface area (Å²) in [6.07, 6.45) is 1.64. The Morgan fingerprint density at radius 3 is 2.58 bits per heavy atom. The zero-order valence-electron chi connectivity index (χ0n) is 13.0. The maximum atomic E-state index is 12.6. The maximum absolute atomic E-state index is 12.6. The summed E-state index contributed by atoms with van der Waals surface area (Å²) in [5.41, 5.74) is 0.554. The molecule has 9 heteroatoms. The molecular weight excluding hydrogens is 375 g/mol. The van der Waals surface area contributed by atoms with Crippen LogP contribution in [0.25, 0.3) is 0 Å². The number of benzene rings is 1. The highest BCUT2D eigenvalue weighted by molar-refractivity contribution is 7.88. The number of hydrogen-bond donors (Lipinski definition) is 2. The standard InChI is InChI=1S/C15H20Cl2N2O4S/c16-13-4-12(5-14(17)6-13)10-24(22,23)19-3-1-2-11(9-19)7-18-8-15(20)21/h4-6,11,18H,1-3,7-10H2,(H,20,21). The molecule has 1 heterocycles. The number of piperidine rings is 1. The van der Waals surface area contributed by atoms with E-state index in [1.807, 2.05) is 0 Å². The number of carboxylic acid groups (broad SMARTS) is 1. The largest absolute Gasteiger partial charge is 0.480 e. The molecule has 0 saturated carbocycles. The number of sulfonamides is 1. The van der Waals surface area contributed by atoms with Crippen molar-refractivity contribution >= 4 is 39.2 Å². The Bertz CT molecular complexity index is 676. The molecule has 1 fully saturated rings. The van der Waals surface area contributed by atoms with E-state index in [0.29, 0.717) is 35.2 Å². The molecule has 0 aromatic heterocycles.